The van der Waals surface area contributed by atoms with Crippen LogP contribution in [0, 0.1) is 0 Å². The molecule has 0 saturated carbocycles. The average molecular weight is 248 g/mol. The highest BCUT2D eigenvalue weighted by Crippen LogP contribution is 2.35. The van der Waals surface area contributed by atoms with Crippen molar-refractivity contribution in [3.8, 4) is 0 Å². The summed E-state index contributed by atoms with van der Waals surface area (Å²) < 4.78 is 6.09. The van der Waals surface area contributed by atoms with Crippen LogP contribution in [0.4, 0.5) is 0 Å². The molecule has 0 saturated heterocycles. The Kier molecular flexibility index (Phi) is 6.42. The summed E-state index contributed by atoms with van der Waals surface area (Å²) in [6.45, 7) is 9.73. The lowest BCUT2D eigenvalue weighted by Crippen LogP contribution is -2.33. The van der Waals surface area contributed by atoms with Gasteiger partial charge in [0.25, 0.3) is 0 Å². The predicted octanol–water partition coefficient (Wildman–Crippen LogP) is 5.17. The summed E-state index contributed by atoms with van der Waals surface area (Å²) in [4.78, 5) is 0. The van der Waals surface area contributed by atoms with Crippen LogP contribution in [0.5, 0.6) is 0 Å². The molecule has 0 aliphatic carbocycles. The molecular weight excluding hydrogens is 220 g/mol. The molecule has 1 unspecified atom stereocenters. The van der Waals surface area contributed by atoms with Gasteiger partial charge in [0.1, 0.15) is 0 Å². The van der Waals surface area contributed by atoms with Gasteiger partial charge in [0.05, 0.1) is 5.60 Å². The number of rotatable bonds is 8. The minimum Gasteiger partial charge on any atom is -0.375 e. The van der Waals surface area contributed by atoms with Crippen LogP contribution in [0.15, 0.2) is 30.3 Å². The Morgan fingerprint density at radius 1 is 1.06 bits per heavy atom. The van der Waals surface area contributed by atoms with Crippen LogP contribution in [-0.4, -0.2) is 12.2 Å². The molecule has 0 aliphatic rings. The number of unbranched alkanes of at least 4 members (excludes halogenated alkanes) is 1. The molecule has 1 nitrogen and oxygen atoms in total. The second-order valence-electron chi connectivity index (χ2n) is 5.56. The van der Waals surface area contributed by atoms with Gasteiger partial charge < -0.3 is 4.74 Å². The zero-order valence-corrected chi connectivity index (χ0v) is 12.4. The highest BCUT2D eigenvalue weighted by atomic mass is 16.5. The minimum absolute atomic E-state index is 0.0769. The van der Waals surface area contributed by atoms with Gasteiger partial charge in [0, 0.05) is 12.5 Å². The second kappa shape index (κ2) is 7.58. The molecule has 0 spiro atoms. The fourth-order valence-electron chi connectivity index (χ4n) is 2.47. The first-order valence-corrected chi connectivity index (χ1v) is 7.30. The summed E-state index contributed by atoms with van der Waals surface area (Å²) in [5, 5.41) is 0. The topological polar surface area (TPSA) is 9.23 Å². The number of benzene rings is 1. The maximum Gasteiger partial charge on any atom is 0.0694 e. The van der Waals surface area contributed by atoms with Gasteiger partial charge >= 0.3 is 0 Å². The van der Waals surface area contributed by atoms with E-state index in [9.17, 15) is 0 Å². The van der Waals surface area contributed by atoms with Gasteiger partial charge in [-0.2, -0.15) is 0 Å². The Hall–Kier alpha value is -0.820. The van der Waals surface area contributed by atoms with E-state index >= 15 is 0 Å². The van der Waals surface area contributed by atoms with Crippen LogP contribution in [0.1, 0.15) is 64.9 Å². The van der Waals surface area contributed by atoms with Crippen LogP contribution in [0.2, 0.25) is 0 Å². The molecule has 0 N–H and O–H groups in total. The molecule has 0 amide bonds. The molecular formula is C17H28O. The Balaban J connectivity index is 2.83. The molecule has 0 radical (unpaired) electrons. The van der Waals surface area contributed by atoms with Gasteiger partial charge in [-0.15, -0.1) is 0 Å². The average Bonchev–Trinajstić information content (AvgIpc) is 2.38. The fraction of sp³-hybridized carbons (Fsp3) is 0.647. The first kappa shape index (κ1) is 15.2. The highest BCUT2D eigenvalue weighted by molar-refractivity contribution is 5.22. The number of ether oxygens (including phenoxy) is 1. The third-order valence-electron chi connectivity index (χ3n) is 3.57. The van der Waals surface area contributed by atoms with E-state index in [1.165, 1.54) is 24.8 Å². The molecule has 0 heterocycles. The summed E-state index contributed by atoms with van der Waals surface area (Å²) in [5.41, 5.74) is 1.33. The standard InChI is InChI=1S/C17H28O/c1-5-7-13-16(15-11-9-8-10-12-15)17(3,4)18-14-6-2/h8-12,16H,5-7,13-14H2,1-4H3. The Bertz CT molecular complexity index is 316. The van der Waals surface area contributed by atoms with E-state index in [4.69, 9.17) is 4.74 Å². The molecule has 1 heteroatoms. The Morgan fingerprint density at radius 2 is 1.72 bits per heavy atom. The van der Waals surface area contributed by atoms with Crippen molar-refractivity contribution in [3.63, 3.8) is 0 Å². The van der Waals surface area contributed by atoms with Crippen molar-refractivity contribution < 1.29 is 4.74 Å². The smallest absolute Gasteiger partial charge is 0.0694 e. The van der Waals surface area contributed by atoms with E-state index in [1.54, 1.807) is 0 Å². The van der Waals surface area contributed by atoms with Gasteiger partial charge in [-0.25, -0.2) is 0 Å². The zero-order valence-electron chi connectivity index (χ0n) is 12.4. The van der Waals surface area contributed by atoms with E-state index in [-0.39, 0.29) is 5.60 Å². The van der Waals surface area contributed by atoms with E-state index < -0.39 is 0 Å². The predicted molar refractivity (Wildman–Crippen MR) is 79.0 cm³/mol. The van der Waals surface area contributed by atoms with Crippen molar-refractivity contribution in [2.24, 2.45) is 0 Å². The van der Waals surface area contributed by atoms with Crippen molar-refractivity contribution in [2.75, 3.05) is 6.61 Å². The lowest BCUT2D eigenvalue weighted by atomic mass is 9.81. The Morgan fingerprint density at radius 3 is 2.28 bits per heavy atom. The van der Waals surface area contributed by atoms with Crippen LogP contribution in [-0.2, 0) is 4.74 Å². The highest BCUT2D eigenvalue weighted by Gasteiger charge is 2.30. The lowest BCUT2D eigenvalue weighted by molar-refractivity contribution is -0.0397. The van der Waals surface area contributed by atoms with Gasteiger partial charge in [0.2, 0.25) is 0 Å². The molecule has 0 aliphatic heterocycles. The van der Waals surface area contributed by atoms with Crippen molar-refractivity contribution in [1.82, 2.24) is 0 Å². The molecule has 0 bridgehead atoms. The molecule has 1 rings (SSSR count). The third-order valence-corrected chi connectivity index (χ3v) is 3.57. The first-order chi connectivity index (χ1) is 8.61. The maximum atomic E-state index is 6.09. The quantitative estimate of drug-likeness (QED) is 0.617. The fourth-order valence-corrected chi connectivity index (χ4v) is 2.47. The molecule has 1 aromatic rings. The van der Waals surface area contributed by atoms with Crippen LogP contribution < -0.4 is 0 Å². The van der Waals surface area contributed by atoms with Crippen molar-refractivity contribution >= 4 is 0 Å². The van der Waals surface area contributed by atoms with E-state index in [0.717, 1.165) is 13.0 Å². The minimum atomic E-state index is -0.0769. The van der Waals surface area contributed by atoms with Crippen LogP contribution >= 0.6 is 0 Å². The summed E-state index contributed by atoms with van der Waals surface area (Å²) in [5.74, 6) is 0.491. The zero-order chi connectivity index (χ0) is 13.4. The van der Waals surface area contributed by atoms with Crippen LogP contribution in [0.3, 0.4) is 0 Å². The molecule has 18 heavy (non-hydrogen) atoms. The molecule has 0 fully saturated rings. The molecule has 1 atom stereocenters. The molecule has 0 aromatic heterocycles. The SMILES string of the molecule is CCCCC(c1ccccc1)C(C)(C)OCCC. The summed E-state index contributed by atoms with van der Waals surface area (Å²) >= 11 is 0. The Labute approximate surface area is 113 Å². The van der Waals surface area contributed by atoms with E-state index in [1.807, 2.05) is 0 Å². The number of hydrogen-bond acceptors (Lipinski definition) is 1. The normalized spacial score (nSPS) is 13.6. The molecule has 102 valence electrons. The third kappa shape index (κ3) is 4.45. The largest absolute Gasteiger partial charge is 0.375 e. The van der Waals surface area contributed by atoms with Gasteiger partial charge in [-0.1, -0.05) is 57.0 Å². The van der Waals surface area contributed by atoms with Crippen LogP contribution in [0.25, 0.3) is 0 Å². The lowest BCUT2D eigenvalue weighted by Gasteiger charge is -2.35. The van der Waals surface area contributed by atoms with Crippen molar-refractivity contribution in [3.05, 3.63) is 35.9 Å². The molecule has 1 aromatic carbocycles. The summed E-state index contributed by atoms with van der Waals surface area (Å²) in [7, 11) is 0. The first-order valence-electron chi connectivity index (χ1n) is 7.30. The van der Waals surface area contributed by atoms with Crippen molar-refractivity contribution in [1.29, 1.82) is 0 Å². The van der Waals surface area contributed by atoms with E-state index in [2.05, 4.69) is 58.0 Å². The summed E-state index contributed by atoms with van der Waals surface area (Å²) in [6.07, 6.45) is 4.79. The monoisotopic (exact) mass is 248 g/mol. The van der Waals surface area contributed by atoms with Gasteiger partial charge in [-0.3, -0.25) is 0 Å². The maximum absolute atomic E-state index is 6.09. The van der Waals surface area contributed by atoms with E-state index in [0.29, 0.717) is 5.92 Å². The van der Waals surface area contributed by atoms with Crippen molar-refractivity contribution in [2.45, 2.75) is 64.9 Å². The number of hydrogen-bond donors (Lipinski definition) is 0. The second-order valence-corrected chi connectivity index (χ2v) is 5.56. The van der Waals surface area contributed by atoms with Gasteiger partial charge in [-0.05, 0) is 32.3 Å². The van der Waals surface area contributed by atoms with Gasteiger partial charge in [0.15, 0.2) is 0 Å². The summed E-state index contributed by atoms with van der Waals surface area (Å²) in [6, 6.07) is 10.8.